The Bertz CT molecular complexity index is 1120. The molecule has 1 heterocycles. The number of hydrogen-bond acceptors (Lipinski definition) is 1. The topological polar surface area (TPSA) is 7.12 Å². The van der Waals surface area contributed by atoms with Crippen molar-refractivity contribution in [1.29, 1.82) is 0 Å². The maximum Gasteiger partial charge on any atom is 0.174 e. The summed E-state index contributed by atoms with van der Waals surface area (Å²) < 4.78 is 2.23. The summed E-state index contributed by atoms with van der Waals surface area (Å²) in [6.45, 7) is 7.33. The van der Waals surface area contributed by atoms with Crippen molar-refractivity contribution in [3.63, 3.8) is 0 Å². The molecule has 0 saturated heterocycles. The molecule has 0 spiro atoms. The van der Waals surface area contributed by atoms with Gasteiger partial charge in [-0.1, -0.05) is 66.7 Å². The molecule has 2 nitrogen and oxygen atoms in total. The van der Waals surface area contributed by atoms with E-state index < -0.39 is 0 Å². The smallest absolute Gasteiger partial charge is 0.174 e. The first kappa shape index (κ1) is 19.9. The minimum atomic E-state index is 0.873. The van der Waals surface area contributed by atoms with E-state index in [2.05, 4.69) is 127 Å². The van der Waals surface area contributed by atoms with Gasteiger partial charge in [0.05, 0.1) is 0 Å². The van der Waals surface area contributed by atoms with Crippen LogP contribution in [0.3, 0.4) is 0 Å². The third kappa shape index (κ3) is 4.60. The summed E-state index contributed by atoms with van der Waals surface area (Å²) in [6, 6.07) is 28.2. The molecule has 0 N–H and O–H groups in total. The molecule has 0 saturated carbocycles. The van der Waals surface area contributed by atoms with Crippen LogP contribution in [0.1, 0.15) is 30.5 Å². The molecule has 150 valence electrons. The van der Waals surface area contributed by atoms with E-state index in [4.69, 9.17) is 0 Å². The fraction of sp³-hybridized carbons (Fsp3) is 0.179. The highest BCUT2D eigenvalue weighted by Crippen LogP contribution is 2.19. The molecule has 0 aliphatic rings. The fourth-order valence-corrected chi connectivity index (χ4v) is 3.89. The van der Waals surface area contributed by atoms with Crippen LogP contribution < -0.4 is 9.47 Å². The highest BCUT2D eigenvalue weighted by atomic mass is 15.1. The van der Waals surface area contributed by atoms with Crippen LogP contribution in [-0.2, 0) is 6.54 Å². The quantitative estimate of drug-likeness (QED) is 0.339. The molecule has 30 heavy (non-hydrogen) atoms. The molecular weight excluding hydrogens is 364 g/mol. The van der Waals surface area contributed by atoms with Gasteiger partial charge in [0.25, 0.3) is 0 Å². The SMILES string of the molecule is CCN(CC)c1ccc(/C=C/c2cc[n+](Cc3cccc4ccccc34)cc2)cc1. The zero-order chi connectivity index (χ0) is 20.8. The molecule has 4 aromatic rings. The number of benzene rings is 3. The van der Waals surface area contributed by atoms with Gasteiger partial charge in [0.1, 0.15) is 0 Å². The summed E-state index contributed by atoms with van der Waals surface area (Å²) in [6.07, 6.45) is 8.67. The van der Waals surface area contributed by atoms with Crippen molar-refractivity contribution < 1.29 is 4.57 Å². The van der Waals surface area contributed by atoms with Gasteiger partial charge in [-0.05, 0) is 47.9 Å². The first-order valence-electron chi connectivity index (χ1n) is 10.8. The number of anilines is 1. The number of rotatable bonds is 7. The lowest BCUT2D eigenvalue weighted by atomic mass is 10.0. The van der Waals surface area contributed by atoms with Crippen LogP contribution in [0.4, 0.5) is 5.69 Å². The number of hydrogen-bond donors (Lipinski definition) is 0. The minimum Gasteiger partial charge on any atom is -0.372 e. The molecule has 0 unspecified atom stereocenters. The normalized spacial score (nSPS) is 11.3. The van der Waals surface area contributed by atoms with Gasteiger partial charge < -0.3 is 4.90 Å². The molecule has 0 bridgehead atoms. The van der Waals surface area contributed by atoms with Crippen molar-refractivity contribution in [2.24, 2.45) is 0 Å². The first-order chi connectivity index (χ1) is 14.8. The van der Waals surface area contributed by atoms with Crippen LogP contribution in [0.25, 0.3) is 22.9 Å². The number of fused-ring (bicyclic) bond motifs is 1. The Kier molecular flexibility index (Phi) is 6.24. The lowest BCUT2D eigenvalue weighted by Crippen LogP contribution is -2.33. The third-order valence-corrected chi connectivity index (χ3v) is 5.64. The van der Waals surface area contributed by atoms with E-state index in [0.717, 1.165) is 19.6 Å². The van der Waals surface area contributed by atoms with Crippen LogP contribution in [0, 0.1) is 0 Å². The largest absolute Gasteiger partial charge is 0.372 e. The molecule has 0 radical (unpaired) electrons. The Labute approximate surface area is 179 Å². The maximum absolute atomic E-state index is 2.36. The molecule has 0 aliphatic heterocycles. The number of pyridine rings is 1. The van der Waals surface area contributed by atoms with Crippen LogP contribution in [0.2, 0.25) is 0 Å². The average Bonchev–Trinajstić information content (AvgIpc) is 2.80. The van der Waals surface area contributed by atoms with Crippen molar-refractivity contribution in [3.8, 4) is 0 Å². The summed E-state index contributed by atoms with van der Waals surface area (Å²) in [7, 11) is 0. The van der Waals surface area contributed by atoms with Crippen LogP contribution in [-0.4, -0.2) is 13.1 Å². The van der Waals surface area contributed by atoms with Crippen LogP contribution >= 0.6 is 0 Å². The second-order valence-corrected chi connectivity index (χ2v) is 7.54. The zero-order valence-corrected chi connectivity index (χ0v) is 17.8. The fourth-order valence-electron chi connectivity index (χ4n) is 3.89. The van der Waals surface area contributed by atoms with E-state index in [0.29, 0.717) is 0 Å². The summed E-state index contributed by atoms with van der Waals surface area (Å²) in [5, 5.41) is 2.62. The van der Waals surface area contributed by atoms with E-state index in [1.807, 2.05) is 0 Å². The van der Waals surface area contributed by atoms with Crippen molar-refractivity contribution >= 4 is 28.6 Å². The van der Waals surface area contributed by atoms with Gasteiger partial charge in [-0.15, -0.1) is 0 Å². The summed E-state index contributed by atoms with van der Waals surface area (Å²) in [5.74, 6) is 0. The second-order valence-electron chi connectivity index (χ2n) is 7.54. The Balaban J connectivity index is 1.44. The predicted molar refractivity (Wildman–Crippen MR) is 129 cm³/mol. The Hall–Kier alpha value is -3.39. The van der Waals surface area contributed by atoms with Gasteiger partial charge in [-0.25, -0.2) is 4.57 Å². The Morgan fingerprint density at radius 1 is 0.700 bits per heavy atom. The lowest BCUT2D eigenvalue weighted by Gasteiger charge is -2.20. The van der Waals surface area contributed by atoms with Crippen molar-refractivity contribution in [2.75, 3.05) is 18.0 Å². The minimum absolute atomic E-state index is 0.873. The van der Waals surface area contributed by atoms with Crippen LogP contribution in [0.15, 0.2) is 91.3 Å². The van der Waals surface area contributed by atoms with E-state index in [1.54, 1.807) is 0 Å². The van der Waals surface area contributed by atoms with E-state index in [-0.39, 0.29) is 0 Å². The molecule has 0 amide bonds. The summed E-state index contributed by atoms with van der Waals surface area (Å²) >= 11 is 0. The zero-order valence-electron chi connectivity index (χ0n) is 17.8. The van der Waals surface area contributed by atoms with Gasteiger partial charge in [0.2, 0.25) is 0 Å². The van der Waals surface area contributed by atoms with E-state index in [1.165, 1.54) is 33.2 Å². The van der Waals surface area contributed by atoms with Crippen molar-refractivity contribution in [2.45, 2.75) is 20.4 Å². The highest BCUT2D eigenvalue weighted by Gasteiger charge is 2.06. The van der Waals surface area contributed by atoms with Gasteiger partial charge in [0, 0.05) is 36.5 Å². The Morgan fingerprint density at radius 2 is 1.33 bits per heavy atom. The number of aromatic nitrogens is 1. The summed E-state index contributed by atoms with van der Waals surface area (Å²) in [4.78, 5) is 2.36. The molecule has 0 atom stereocenters. The third-order valence-electron chi connectivity index (χ3n) is 5.64. The van der Waals surface area contributed by atoms with Crippen molar-refractivity contribution in [1.82, 2.24) is 0 Å². The monoisotopic (exact) mass is 393 g/mol. The molecule has 0 aliphatic carbocycles. The van der Waals surface area contributed by atoms with Gasteiger partial charge >= 0.3 is 0 Å². The molecule has 3 aromatic carbocycles. The molecule has 0 fully saturated rings. The Morgan fingerprint density at radius 3 is 2.03 bits per heavy atom. The molecular formula is C28H29N2+. The van der Waals surface area contributed by atoms with E-state index in [9.17, 15) is 0 Å². The van der Waals surface area contributed by atoms with Gasteiger partial charge in [0.15, 0.2) is 18.9 Å². The maximum atomic E-state index is 2.36. The van der Waals surface area contributed by atoms with E-state index >= 15 is 0 Å². The van der Waals surface area contributed by atoms with Gasteiger partial charge in [-0.3, -0.25) is 0 Å². The first-order valence-corrected chi connectivity index (χ1v) is 10.8. The average molecular weight is 394 g/mol. The molecule has 4 rings (SSSR count). The lowest BCUT2D eigenvalue weighted by molar-refractivity contribution is -0.688. The standard InChI is InChI=1S/C28H29N2/c1-3-30(4-2)27-16-14-23(15-17-27)12-13-24-18-20-29(21-19-24)22-26-10-7-9-25-8-5-6-11-28(25)26/h5-21H,3-4,22H2,1-2H3/q+1. The predicted octanol–water partition coefficient (Wildman–Crippen LogP) is 6.19. The van der Waals surface area contributed by atoms with Gasteiger partial charge in [-0.2, -0.15) is 0 Å². The summed E-state index contributed by atoms with van der Waals surface area (Å²) in [5.41, 5.74) is 5.05. The van der Waals surface area contributed by atoms with Crippen LogP contribution in [0.5, 0.6) is 0 Å². The highest BCUT2D eigenvalue weighted by molar-refractivity contribution is 5.85. The molecule has 1 aromatic heterocycles. The second kappa shape index (κ2) is 9.41. The van der Waals surface area contributed by atoms with Crippen molar-refractivity contribution in [3.05, 3.63) is 108 Å². The number of nitrogens with zero attached hydrogens (tertiary/aromatic N) is 2. The molecule has 2 heteroatoms.